The van der Waals surface area contributed by atoms with E-state index in [1.54, 1.807) is 37.6 Å². The number of hydrogen-bond acceptors (Lipinski definition) is 8. The summed E-state index contributed by atoms with van der Waals surface area (Å²) in [6, 6.07) is 9.23. The lowest BCUT2D eigenvalue weighted by atomic mass is 9.70. The van der Waals surface area contributed by atoms with Gasteiger partial charge in [-0.05, 0) is 62.4 Å². The number of aromatic nitrogens is 6. The van der Waals surface area contributed by atoms with E-state index in [1.807, 2.05) is 28.6 Å². The van der Waals surface area contributed by atoms with Crippen LogP contribution >= 0.6 is 0 Å². The normalized spacial score (nSPS) is 19.8. The van der Waals surface area contributed by atoms with Gasteiger partial charge in [-0.3, -0.25) is 4.79 Å². The first-order chi connectivity index (χ1) is 20.4. The molecule has 1 aromatic carbocycles. The van der Waals surface area contributed by atoms with E-state index in [-0.39, 0.29) is 23.6 Å². The van der Waals surface area contributed by atoms with Crippen LogP contribution in [0.3, 0.4) is 0 Å². The second kappa shape index (κ2) is 10.2. The number of carbonyl (C=O) groups excluding carboxylic acids is 1. The number of halogens is 1. The van der Waals surface area contributed by atoms with E-state index in [0.29, 0.717) is 51.9 Å². The van der Waals surface area contributed by atoms with Gasteiger partial charge in [-0.1, -0.05) is 6.58 Å². The highest BCUT2D eigenvalue weighted by Crippen LogP contribution is 2.45. The molecule has 3 atom stereocenters. The number of fused-ring (bicyclic) bond motifs is 5. The Balaban J connectivity index is 1.15. The SMILES string of the molecule is C=CC(=O)N1C[C@H]2CC[C@@H]1CC2c1ccc2ncnc(Nc3ccc(Oc4cnc5c(c4)ncn5C)c(C)c3F)c2n1. The van der Waals surface area contributed by atoms with Gasteiger partial charge in [0.15, 0.2) is 17.3 Å². The number of piperidine rings is 2. The summed E-state index contributed by atoms with van der Waals surface area (Å²) in [7, 11) is 1.87. The molecule has 3 aliphatic rings. The molecule has 5 aromatic rings. The Morgan fingerprint density at radius 2 is 2.02 bits per heavy atom. The smallest absolute Gasteiger partial charge is 0.246 e. The van der Waals surface area contributed by atoms with Gasteiger partial charge in [0.05, 0.1) is 23.7 Å². The Labute approximate surface area is 241 Å². The van der Waals surface area contributed by atoms with Crippen molar-refractivity contribution in [2.75, 3.05) is 11.9 Å². The van der Waals surface area contributed by atoms with Gasteiger partial charge in [0, 0.05) is 42.9 Å². The van der Waals surface area contributed by atoms with Gasteiger partial charge in [-0.2, -0.15) is 0 Å². The number of hydrogen-bond donors (Lipinski definition) is 1. The maximum Gasteiger partial charge on any atom is 0.246 e. The van der Waals surface area contributed by atoms with Crippen molar-refractivity contribution in [3.63, 3.8) is 0 Å². The van der Waals surface area contributed by atoms with Gasteiger partial charge in [-0.15, -0.1) is 0 Å². The standard InChI is InChI=1S/C31H29FN8O2/c1-4-27(41)40-14-18-5-6-19(40)11-21(18)22-7-8-24-29(37-22)30(35-15-34-24)38-23-9-10-26(17(2)28(23)32)42-20-12-25-31(33-13-20)39(3)16-36-25/h4,7-10,12-13,15-16,18-19,21H,1,5-6,11,14H2,2-3H3,(H,34,35,38)/t18-,19-,21?/m1/s1. The predicted molar refractivity (Wildman–Crippen MR) is 156 cm³/mol. The van der Waals surface area contributed by atoms with Crippen LogP contribution in [0.15, 0.2) is 61.8 Å². The Bertz CT molecular complexity index is 1870. The van der Waals surface area contributed by atoms with Crippen molar-refractivity contribution in [3.05, 3.63) is 78.9 Å². The lowest BCUT2D eigenvalue weighted by Crippen LogP contribution is -2.53. The van der Waals surface area contributed by atoms with Gasteiger partial charge in [-0.25, -0.2) is 29.3 Å². The fourth-order valence-electron chi connectivity index (χ4n) is 6.30. The number of ether oxygens (including phenoxy) is 1. The van der Waals surface area contributed by atoms with E-state index in [4.69, 9.17) is 9.72 Å². The summed E-state index contributed by atoms with van der Waals surface area (Å²) in [5, 5.41) is 3.13. The van der Waals surface area contributed by atoms with Crippen LogP contribution in [-0.4, -0.2) is 52.9 Å². The van der Waals surface area contributed by atoms with Crippen LogP contribution in [0.1, 0.15) is 36.4 Å². The molecule has 1 saturated carbocycles. The van der Waals surface area contributed by atoms with Crippen molar-refractivity contribution in [2.24, 2.45) is 13.0 Å². The first-order valence-electron chi connectivity index (χ1n) is 14.0. The summed E-state index contributed by atoms with van der Waals surface area (Å²) in [5.41, 5.74) is 4.19. The molecule has 1 N–H and O–H groups in total. The molecule has 2 bridgehead atoms. The molecule has 6 heterocycles. The first-order valence-corrected chi connectivity index (χ1v) is 14.0. The zero-order valence-electron chi connectivity index (χ0n) is 23.3. The summed E-state index contributed by atoms with van der Waals surface area (Å²) in [4.78, 5) is 36.7. The third kappa shape index (κ3) is 4.41. The van der Waals surface area contributed by atoms with Crippen LogP contribution in [0.25, 0.3) is 22.2 Å². The highest BCUT2D eigenvalue weighted by Gasteiger charge is 2.42. The first kappa shape index (κ1) is 26.0. The maximum absolute atomic E-state index is 15.6. The minimum atomic E-state index is -0.459. The van der Waals surface area contributed by atoms with Crippen LogP contribution in [0.2, 0.25) is 0 Å². The van der Waals surface area contributed by atoms with E-state index < -0.39 is 5.82 Å². The molecule has 1 aliphatic carbocycles. The monoisotopic (exact) mass is 564 g/mol. The third-order valence-electron chi connectivity index (χ3n) is 8.52. The lowest BCUT2D eigenvalue weighted by molar-refractivity contribution is -0.134. The molecule has 3 fully saturated rings. The van der Waals surface area contributed by atoms with Crippen LogP contribution in [0.5, 0.6) is 11.5 Å². The molecule has 4 aromatic heterocycles. The van der Waals surface area contributed by atoms with Crippen LogP contribution in [0, 0.1) is 18.7 Å². The molecule has 42 heavy (non-hydrogen) atoms. The van der Waals surface area contributed by atoms with Crippen molar-refractivity contribution in [1.29, 1.82) is 0 Å². The van der Waals surface area contributed by atoms with E-state index in [9.17, 15) is 4.79 Å². The molecule has 8 rings (SSSR count). The molecule has 2 aliphatic heterocycles. The minimum Gasteiger partial charge on any atom is -0.455 e. The maximum atomic E-state index is 15.6. The predicted octanol–water partition coefficient (Wildman–Crippen LogP) is 5.57. The lowest BCUT2D eigenvalue weighted by Gasteiger charge is -2.49. The van der Waals surface area contributed by atoms with Crippen LogP contribution in [0.4, 0.5) is 15.9 Å². The minimum absolute atomic E-state index is 0.00539. The van der Waals surface area contributed by atoms with Gasteiger partial charge >= 0.3 is 0 Å². The van der Waals surface area contributed by atoms with Crippen LogP contribution < -0.4 is 10.1 Å². The molecule has 10 nitrogen and oxygen atoms in total. The third-order valence-corrected chi connectivity index (χ3v) is 8.52. The summed E-state index contributed by atoms with van der Waals surface area (Å²) in [5.74, 6) is 1.35. The number of amides is 1. The van der Waals surface area contributed by atoms with Crippen molar-refractivity contribution in [3.8, 4) is 11.5 Å². The highest BCUT2D eigenvalue weighted by molar-refractivity contribution is 5.88. The Hall–Kier alpha value is -4.93. The number of nitrogens with zero attached hydrogens (tertiary/aromatic N) is 7. The highest BCUT2D eigenvalue weighted by atomic mass is 19.1. The molecule has 212 valence electrons. The number of imidazole rings is 1. The average molecular weight is 565 g/mol. The fraction of sp³-hybridized carbons (Fsp3) is 0.290. The number of pyridine rings is 2. The molecular weight excluding hydrogens is 535 g/mol. The second-order valence-corrected chi connectivity index (χ2v) is 11.0. The van der Waals surface area contributed by atoms with Gasteiger partial charge in [0.1, 0.15) is 28.9 Å². The molecule has 11 heteroatoms. The number of aryl methyl sites for hydroxylation is 1. The number of carbonyl (C=O) groups is 1. The summed E-state index contributed by atoms with van der Waals surface area (Å²) in [6.07, 6.45) is 9.02. The molecule has 1 unspecified atom stereocenters. The van der Waals surface area contributed by atoms with Gasteiger partial charge in [0.2, 0.25) is 5.91 Å². The second-order valence-electron chi connectivity index (χ2n) is 11.0. The molecule has 2 saturated heterocycles. The molecule has 0 radical (unpaired) electrons. The topological polar surface area (TPSA) is 111 Å². The average Bonchev–Trinajstić information content (AvgIpc) is 3.40. The summed E-state index contributed by atoms with van der Waals surface area (Å²) < 4.78 is 23.4. The van der Waals surface area contributed by atoms with Crippen molar-refractivity contribution < 1.29 is 13.9 Å². The number of benzene rings is 1. The fourth-order valence-corrected chi connectivity index (χ4v) is 6.30. The van der Waals surface area contributed by atoms with E-state index >= 15 is 4.39 Å². The molecular formula is C31H29FN8O2. The zero-order valence-corrected chi connectivity index (χ0v) is 23.3. The van der Waals surface area contributed by atoms with Crippen molar-refractivity contribution >= 4 is 39.6 Å². The van der Waals surface area contributed by atoms with Gasteiger partial charge in [0.25, 0.3) is 0 Å². The van der Waals surface area contributed by atoms with Crippen molar-refractivity contribution in [1.82, 2.24) is 34.4 Å². The molecule has 1 amide bonds. The summed E-state index contributed by atoms with van der Waals surface area (Å²) in [6.45, 7) is 6.03. The van der Waals surface area contributed by atoms with E-state index in [1.165, 1.54) is 12.4 Å². The Kier molecular flexibility index (Phi) is 6.29. The van der Waals surface area contributed by atoms with Gasteiger partial charge < -0.3 is 19.5 Å². The van der Waals surface area contributed by atoms with E-state index in [2.05, 4.69) is 31.8 Å². The number of nitrogens with one attached hydrogen (secondary N) is 1. The van der Waals surface area contributed by atoms with Crippen molar-refractivity contribution in [2.45, 2.75) is 38.1 Å². The Morgan fingerprint density at radius 3 is 2.83 bits per heavy atom. The quantitative estimate of drug-likeness (QED) is 0.267. The summed E-state index contributed by atoms with van der Waals surface area (Å²) >= 11 is 0. The van der Waals surface area contributed by atoms with E-state index in [0.717, 1.165) is 30.6 Å². The molecule has 0 spiro atoms. The largest absolute Gasteiger partial charge is 0.455 e. The van der Waals surface area contributed by atoms with Crippen LogP contribution in [-0.2, 0) is 11.8 Å². The number of anilines is 2. The Morgan fingerprint density at radius 1 is 1.14 bits per heavy atom. The zero-order chi connectivity index (χ0) is 29.0. The number of rotatable bonds is 6.